The lowest BCUT2D eigenvalue weighted by Crippen LogP contribution is -2.45. The largest absolute Gasteiger partial charge is 0.326 e. The van der Waals surface area contributed by atoms with Gasteiger partial charge in [0.25, 0.3) is 34.6 Å². The van der Waals surface area contributed by atoms with Crippen molar-refractivity contribution in [3.8, 4) is 0 Å². The van der Waals surface area contributed by atoms with E-state index in [9.17, 15) is 24.0 Å². The number of rotatable bonds is 11. The van der Waals surface area contributed by atoms with Gasteiger partial charge in [0.1, 0.15) is 16.8 Å². The molecule has 0 saturated heterocycles. The Bertz CT molecular complexity index is 2230. The van der Waals surface area contributed by atoms with Crippen LogP contribution in [0.1, 0.15) is 50.9 Å². The highest BCUT2D eigenvalue weighted by Crippen LogP contribution is 2.29. The first-order valence-electron chi connectivity index (χ1n) is 15.4. The Morgan fingerprint density at radius 1 is 0.686 bits per heavy atom. The Morgan fingerprint density at radius 3 is 1.53 bits per heavy atom. The maximum Gasteiger partial charge on any atom is 0.326 e. The van der Waals surface area contributed by atoms with E-state index in [2.05, 4.69) is 61.8 Å². The molecule has 0 aliphatic heterocycles. The SMILES string of the molecule is CCCCCC(=O)C(C)(c1nc2nnc(NC(=O)Nc3ccc(Cl)cc3)n2[nH]c1=O)c1nc2nnc(NC(=O)Nc3ccc(Cl)cc3)n2[nH]c1=O. The van der Waals surface area contributed by atoms with E-state index in [1.807, 2.05) is 6.92 Å². The van der Waals surface area contributed by atoms with Gasteiger partial charge < -0.3 is 10.6 Å². The summed E-state index contributed by atoms with van der Waals surface area (Å²) in [5, 5.41) is 31.8. The van der Waals surface area contributed by atoms with Crippen molar-refractivity contribution in [1.29, 1.82) is 0 Å². The normalized spacial score (nSPS) is 11.5. The van der Waals surface area contributed by atoms with E-state index in [4.69, 9.17) is 23.2 Å². The molecule has 0 spiro atoms. The molecule has 0 unspecified atom stereocenters. The van der Waals surface area contributed by atoms with Gasteiger partial charge in [0.05, 0.1) is 0 Å². The lowest BCUT2D eigenvalue weighted by atomic mass is 9.77. The molecular formula is C30H28Cl2N14O5. The second-order valence-electron chi connectivity index (χ2n) is 11.3. The summed E-state index contributed by atoms with van der Waals surface area (Å²) in [5.74, 6) is -1.30. The minimum absolute atomic E-state index is 0.0162. The van der Waals surface area contributed by atoms with Crippen LogP contribution in [-0.4, -0.2) is 67.4 Å². The first kappa shape index (κ1) is 34.6. The number of hydrogen-bond acceptors (Lipinski definition) is 11. The summed E-state index contributed by atoms with van der Waals surface area (Å²) < 4.78 is 2.03. The van der Waals surface area contributed by atoms with Crippen LogP contribution in [0.15, 0.2) is 58.1 Å². The van der Waals surface area contributed by atoms with Crippen LogP contribution in [0.4, 0.5) is 32.9 Å². The zero-order valence-electron chi connectivity index (χ0n) is 26.8. The number of unbranched alkanes of at least 4 members (excludes halogenated alkanes) is 2. The maximum atomic E-state index is 14.0. The number of aromatic amines is 2. The number of anilines is 4. The maximum absolute atomic E-state index is 14.0. The Kier molecular flexibility index (Phi) is 9.74. The lowest BCUT2D eigenvalue weighted by Gasteiger charge is -2.25. The predicted molar refractivity (Wildman–Crippen MR) is 187 cm³/mol. The number of hydrogen-bond donors (Lipinski definition) is 6. The van der Waals surface area contributed by atoms with E-state index < -0.39 is 45.8 Å². The highest BCUT2D eigenvalue weighted by molar-refractivity contribution is 6.31. The number of amides is 4. The van der Waals surface area contributed by atoms with E-state index in [1.165, 1.54) is 6.92 Å². The van der Waals surface area contributed by atoms with Gasteiger partial charge in [0, 0.05) is 27.8 Å². The Hall–Kier alpha value is -6.21. The van der Waals surface area contributed by atoms with Crippen molar-refractivity contribution in [2.45, 2.75) is 44.9 Å². The van der Waals surface area contributed by atoms with Crippen LogP contribution in [0, 0.1) is 0 Å². The molecular weight excluding hydrogens is 707 g/mol. The van der Waals surface area contributed by atoms with Gasteiger partial charge in [-0.2, -0.15) is 9.03 Å². The van der Waals surface area contributed by atoms with Crippen LogP contribution in [0.2, 0.25) is 10.0 Å². The fourth-order valence-corrected chi connectivity index (χ4v) is 5.36. The van der Waals surface area contributed by atoms with Gasteiger partial charge >= 0.3 is 12.1 Å². The molecule has 6 rings (SSSR count). The summed E-state index contributed by atoms with van der Waals surface area (Å²) in [6, 6.07) is 11.3. The number of carbonyl (C=O) groups is 3. The highest BCUT2D eigenvalue weighted by atomic mass is 35.5. The molecule has 0 aliphatic carbocycles. The van der Waals surface area contributed by atoms with E-state index in [1.54, 1.807) is 48.5 Å². The summed E-state index contributed by atoms with van der Waals surface area (Å²) in [5.41, 5.74) is -3.73. The van der Waals surface area contributed by atoms with E-state index in [-0.39, 0.29) is 29.9 Å². The second-order valence-corrected chi connectivity index (χ2v) is 12.2. The fourth-order valence-electron chi connectivity index (χ4n) is 5.11. The van der Waals surface area contributed by atoms with Crippen LogP contribution >= 0.6 is 23.2 Å². The summed E-state index contributed by atoms with van der Waals surface area (Å²) in [4.78, 5) is 75.3. The molecule has 0 atom stereocenters. The first-order valence-corrected chi connectivity index (χ1v) is 16.1. The molecule has 0 saturated carbocycles. The number of Topliss-reactive ketones (excluding diaryl/α,β-unsaturated/α-hetero) is 1. The summed E-state index contributed by atoms with van der Waals surface area (Å²) >= 11 is 11.8. The molecule has 2 aromatic carbocycles. The standard InChI is InChI=1S/C30H28Cl2N14O5/c1-3-4-5-6-19(47)30(2,20-22(48)43-45-24(35-20)39-41-26(45)37-28(50)33-17-11-7-15(31)8-12-17)21-23(49)44-46-25(36-21)40-42-27(46)38-29(51)34-18-13-9-16(32)10-14-18/h7-14H,3-6H2,1-2H3,(H,43,48)(H,44,49)(H2,33,37,41,50)(H2,34,38,42,51). The highest BCUT2D eigenvalue weighted by Gasteiger charge is 2.44. The zero-order valence-corrected chi connectivity index (χ0v) is 28.3. The number of ketones is 1. The number of fused-ring (bicyclic) bond motifs is 2. The number of carbonyl (C=O) groups excluding carboxylic acids is 3. The van der Waals surface area contributed by atoms with E-state index in [0.29, 0.717) is 34.3 Å². The number of nitrogens with one attached hydrogen (secondary N) is 6. The van der Waals surface area contributed by atoms with Gasteiger partial charge in [-0.05, 0) is 61.9 Å². The molecule has 4 heterocycles. The van der Waals surface area contributed by atoms with Gasteiger partial charge in [-0.25, -0.2) is 19.6 Å². The van der Waals surface area contributed by atoms with Gasteiger partial charge in [0.15, 0.2) is 5.78 Å². The third-order valence-corrected chi connectivity index (χ3v) is 8.24. The zero-order chi connectivity index (χ0) is 36.3. The molecule has 0 bridgehead atoms. The van der Waals surface area contributed by atoms with Gasteiger partial charge in [0.2, 0.25) is 0 Å². The summed E-state index contributed by atoms with van der Waals surface area (Å²) in [6.45, 7) is 3.32. The van der Waals surface area contributed by atoms with Gasteiger partial charge in [-0.1, -0.05) is 43.0 Å². The minimum Gasteiger partial charge on any atom is -0.308 e. The lowest BCUT2D eigenvalue weighted by molar-refractivity contribution is -0.123. The van der Waals surface area contributed by atoms with Crippen LogP contribution < -0.4 is 32.4 Å². The van der Waals surface area contributed by atoms with Crippen LogP contribution in [-0.2, 0) is 10.2 Å². The van der Waals surface area contributed by atoms with Crippen molar-refractivity contribution in [2.75, 3.05) is 21.3 Å². The molecule has 21 heteroatoms. The minimum atomic E-state index is -2.02. The van der Waals surface area contributed by atoms with Crippen LogP contribution in [0.5, 0.6) is 0 Å². The Labute approximate surface area is 296 Å². The molecule has 262 valence electrons. The Morgan fingerprint density at radius 2 is 1.12 bits per heavy atom. The first-order chi connectivity index (χ1) is 24.5. The van der Waals surface area contributed by atoms with Crippen molar-refractivity contribution in [3.63, 3.8) is 0 Å². The molecule has 0 radical (unpaired) electrons. The van der Waals surface area contributed by atoms with Crippen molar-refractivity contribution >= 4 is 75.9 Å². The molecule has 4 aromatic heterocycles. The quantitative estimate of drug-likeness (QED) is 0.104. The molecule has 19 nitrogen and oxygen atoms in total. The third-order valence-electron chi connectivity index (χ3n) is 7.74. The van der Waals surface area contributed by atoms with Crippen molar-refractivity contribution in [1.82, 2.24) is 49.6 Å². The van der Waals surface area contributed by atoms with Crippen LogP contribution in [0.3, 0.4) is 0 Å². The molecule has 0 aliphatic rings. The summed E-state index contributed by atoms with van der Waals surface area (Å²) in [7, 11) is 0. The smallest absolute Gasteiger partial charge is 0.308 e. The fraction of sp³-hybridized carbons (Fsp3) is 0.233. The van der Waals surface area contributed by atoms with E-state index >= 15 is 0 Å². The number of H-pyrrole nitrogens is 2. The monoisotopic (exact) mass is 734 g/mol. The van der Waals surface area contributed by atoms with Crippen molar-refractivity contribution in [3.05, 3.63) is 90.7 Å². The average Bonchev–Trinajstić information content (AvgIpc) is 3.68. The number of urea groups is 2. The third kappa shape index (κ3) is 7.24. The van der Waals surface area contributed by atoms with Gasteiger partial charge in [-0.15, -0.1) is 20.4 Å². The Balaban J connectivity index is 1.33. The average molecular weight is 736 g/mol. The van der Waals surface area contributed by atoms with Crippen molar-refractivity contribution < 1.29 is 14.4 Å². The van der Waals surface area contributed by atoms with Crippen LogP contribution in [0.25, 0.3) is 11.6 Å². The summed E-state index contributed by atoms with van der Waals surface area (Å²) in [6.07, 6.45) is 1.97. The van der Waals surface area contributed by atoms with E-state index in [0.717, 1.165) is 15.5 Å². The van der Waals surface area contributed by atoms with Crippen molar-refractivity contribution in [2.24, 2.45) is 0 Å². The number of aromatic nitrogens is 10. The second kappa shape index (κ2) is 14.3. The number of benzene rings is 2. The molecule has 51 heavy (non-hydrogen) atoms. The number of nitrogens with zero attached hydrogens (tertiary/aromatic N) is 8. The molecule has 6 N–H and O–H groups in total. The topological polar surface area (TPSA) is 251 Å². The number of halogens is 2. The predicted octanol–water partition coefficient (Wildman–Crippen LogP) is 3.99. The molecule has 6 aromatic rings. The molecule has 0 fully saturated rings. The molecule has 4 amide bonds. The van der Waals surface area contributed by atoms with Gasteiger partial charge in [-0.3, -0.25) is 35.2 Å².